The molecule has 0 radical (unpaired) electrons. The summed E-state index contributed by atoms with van der Waals surface area (Å²) in [5.74, 6) is 0. The second-order valence-corrected chi connectivity index (χ2v) is 6.29. The Bertz CT molecular complexity index is 1010. The highest BCUT2D eigenvalue weighted by atomic mass is 15.0. The number of aromatic nitrogens is 2. The van der Waals surface area contributed by atoms with E-state index < -0.39 is 0 Å². The average molecular weight is 321 g/mol. The quantitative estimate of drug-likeness (QED) is 0.432. The van der Waals surface area contributed by atoms with Crippen molar-refractivity contribution < 1.29 is 4.57 Å². The number of pyridine rings is 2. The van der Waals surface area contributed by atoms with E-state index in [0.717, 1.165) is 5.69 Å². The summed E-state index contributed by atoms with van der Waals surface area (Å²) >= 11 is 0. The van der Waals surface area contributed by atoms with E-state index in [1.807, 2.05) is 18.3 Å². The molecule has 0 fully saturated rings. The van der Waals surface area contributed by atoms with Gasteiger partial charge in [-0.3, -0.25) is 4.98 Å². The summed E-state index contributed by atoms with van der Waals surface area (Å²) in [5, 5.41) is 0. The Kier molecular flexibility index (Phi) is 3.20. The van der Waals surface area contributed by atoms with Crippen molar-refractivity contribution in [1.29, 1.82) is 0 Å². The zero-order valence-electron chi connectivity index (χ0n) is 13.7. The minimum Gasteiger partial charge on any atom is -0.256 e. The largest absolute Gasteiger partial charge is 0.256 e. The van der Waals surface area contributed by atoms with Crippen LogP contribution in [0.25, 0.3) is 22.5 Å². The maximum Gasteiger partial charge on any atom is 0.213 e. The highest BCUT2D eigenvalue weighted by molar-refractivity contribution is 5.70. The van der Waals surface area contributed by atoms with Crippen molar-refractivity contribution in [1.82, 2.24) is 4.98 Å². The Morgan fingerprint density at radius 1 is 0.640 bits per heavy atom. The third-order valence-corrected chi connectivity index (χ3v) is 4.90. The fraction of sp³-hybridized carbons (Fsp3) is 0.0435. The third-order valence-electron chi connectivity index (χ3n) is 4.90. The highest BCUT2D eigenvalue weighted by Crippen LogP contribution is 2.39. The van der Waals surface area contributed by atoms with Crippen LogP contribution >= 0.6 is 0 Å². The molecule has 0 saturated heterocycles. The van der Waals surface area contributed by atoms with Gasteiger partial charge in [-0.05, 0) is 24.3 Å². The summed E-state index contributed by atoms with van der Waals surface area (Å²) in [5.41, 5.74) is 7.40. The lowest BCUT2D eigenvalue weighted by atomic mass is 9.92. The molecular weight excluding hydrogens is 304 g/mol. The molecule has 0 bridgehead atoms. The minimum absolute atomic E-state index is 0.172. The molecule has 2 heteroatoms. The van der Waals surface area contributed by atoms with Crippen LogP contribution in [-0.4, -0.2) is 4.98 Å². The molecule has 0 amide bonds. The SMILES string of the molecule is c1ccc(-c2ccccc2[C@@H]2c3ccccc3-c3cccc[n+]32)nc1. The van der Waals surface area contributed by atoms with E-state index in [1.165, 1.54) is 27.9 Å². The summed E-state index contributed by atoms with van der Waals surface area (Å²) in [6, 6.07) is 30.0. The number of nitrogens with zero attached hydrogens (tertiary/aromatic N) is 2. The molecule has 0 spiro atoms. The molecule has 1 aliphatic rings. The molecule has 1 atom stereocenters. The predicted octanol–water partition coefficient (Wildman–Crippen LogP) is 4.65. The van der Waals surface area contributed by atoms with Crippen LogP contribution in [0.3, 0.4) is 0 Å². The summed E-state index contributed by atoms with van der Waals surface area (Å²) in [4.78, 5) is 4.58. The van der Waals surface area contributed by atoms with E-state index >= 15 is 0 Å². The zero-order valence-corrected chi connectivity index (χ0v) is 13.7. The lowest BCUT2D eigenvalue weighted by Gasteiger charge is -2.13. The van der Waals surface area contributed by atoms with E-state index in [-0.39, 0.29) is 6.04 Å². The van der Waals surface area contributed by atoms with Crippen LogP contribution in [0.2, 0.25) is 0 Å². The van der Waals surface area contributed by atoms with Crippen molar-refractivity contribution in [2.45, 2.75) is 6.04 Å². The Labute approximate surface area is 147 Å². The van der Waals surface area contributed by atoms with Gasteiger partial charge in [0.05, 0.1) is 11.3 Å². The van der Waals surface area contributed by atoms with Gasteiger partial charge in [-0.2, -0.15) is 4.57 Å². The summed E-state index contributed by atoms with van der Waals surface area (Å²) in [7, 11) is 0. The first-order valence-corrected chi connectivity index (χ1v) is 8.53. The monoisotopic (exact) mass is 321 g/mol. The van der Waals surface area contributed by atoms with Gasteiger partial charge >= 0.3 is 0 Å². The van der Waals surface area contributed by atoms with Gasteiger partial charge in [0.1, 0.15) is 0 Å². The van der Waals surface area contributed by atoms with Gasteiger partial charge in [0.25, 0.3) is 0 Å². The van der Waals surface area contributed by atoms with Crippen LogP contribution in [0.15, 0.2) is 97.3 Å². The van der Waals surface area contributed by atoms with Gasteiger partial charge in [0.2, 0.25) is 11.7 Å². The van der Waals surface area contributed by atoms with Gasteiger partial charge in [-0.25, -0.2) is 0 Å². The number of fused-ring (bicyclic) bond motifs is 3. The van der Waals surface area contributed by atoms with Crippen LogP contribution in [0.4, 0.5) is 0 Å². The van der Waals surface area contributed by atoms with Crippen molar-refractivity contribution in [2.75, 3.05) is 0 Å². The summed E-state index contributed by atoms with van der Waals surface area (Å²) in [6.45, 7) is 0. The van der Waals surface area contributed by atoms with Crippen molar-refractivity contribution in [3.8, 4) is 22.5 Å². The topological polar surface area (TPSA) is 16.8 Å². The van der Waals surface area contributed by atoms with Gasteiger partial charge in [0.15, 0.2) is 6.20 Å². The van der Waals surface area contributed by atoms with Crippen LogP contribution < -0.4 is 4.57 Å². The molecule has 0 saturated carbocycles. The lowest BCUT2D eigenvalue weighted by molar-refractivity contribution is -0.688. The normalized spacial score (nSPS) is 14.8. The molecule has 25 heavy (non-hydrogen) atoms. The van der Waals surface area contributed by atoms with E-state index in [2.05, 4.69) is 88.5 Å². The molecule has 3 heterocycles. The highest BCUT2D eigenvalue weighted by Gasteiger charge is 2.38. The van der Waals surface area contributed by atoms with E-state index in [4.69, 9.17) is 0 Å². The van der Waals surface area contributed by atoms with Crippen molar-refractivity contribution >= 4 is 0 Å². The minimum atomic E-state index is 0.172. The van der Waals surface area contributed by atoms with E-state index in [9.17, 15) is 0 Å². The van der Waals surface area contributed by atoms with E-state index in [0.29, 0.717) is 0 Å². The Morgan fingerprint density at radius 2 is 1.32 bits per heavy atom. The number of benzene rings is 2. The predicted molar refractivity (Wildman–Crippen MR) is 99.0 cm³/mol. The number of hydrogen-bond donors (Lipinski definition) is 0. The first-order chi connectivity index (χ1) is 12.4. The number of hydrogen-bond acceptors (Lipinski definition) is 1. The van der Waals surface area contributed by atoms with E-state index in [1.54, 1.807) is 0 Å². The molecule has 0 unspecified atom stereocenters. The van der Waals surface area contributed by atoms with Crippen LogP contribution in [-0.2, 0) is 0 Å². The van der Waals surface area contributed by atoms with Gasteiger partial charge in [-0.1, -0.05) is 48.5 Å². The summed E-state index contributed by atoms with van der Waals surface area (Å²) < 4.78 is 2.37. The molecule has 0 aliphatic carbocycles. The fourth-order valence-electron chi connectivity index (χ4n) is 3.84. The Hall–Kier alpha value is -3.26. The molecule has 1 aliphatic heterocycles. The van der Waals surface area contributed by atoms with Crippen LogP contribution in [0.1, 0.15) is 17.2 Å². The smallest absolute Gasteiger partial charge is 0.213 e. The maximum atomic E-state index is 4.58. The molecule has 4 aromatic rings. The van der Waals surface area contributed by atoms with Gasteiger partial charge < -0.3 is 0 Å². The summed E-state index contributed by atoms with van der Waals surface area (Å²) in [6.07, 6.45) is 4.03. The first kappa shape index (κ1) is 14.1. The second-order valence-electron chi connectivity index (χ2n) is 6.29. The number of rotatable bonds is 2. The standard InChI is InChI=1S/C23H17N2/c1-3-11-19(17(9-1)21-13-5-7-15-24-21)23-20-12-4-2-10-18(20)22-14-6-8-16-25(22)23/h1-16,23H/q+1/t23-/m1/s1. The molecule has 0 N–H and O–H groups in total. The Morgan fingerprint density at radius 3 is 2.12 bits per heavy atom. The first-order valence-electron chi connectivity index (χ1n) is 8.53. The zero-order chi connectivity index (χ0) is 16.6. The fourth-order valence-corrected chi connectivity index (χ4v) is 3.84. The molecule has 2 aromatic heterocycles. The molecule has 2 aromatic carbocycles. The molecule has 5 rings (SSSR count). The van der Waals surface area contributed by atoms with Crippen LogP contribution in [0.5, 0.6) is 0 Å². The molecule has 2 nitrogen and oxygen atoms in total. The van der Waals surface area contributed by atoms with Crippen molar-refractivity contribution in [3.63, 3.8) is 0 Å². The lowest BCUT2D eigenvalue weighted by Crippen LogP contribution is -2.38. The van der Waals surface area contributed by atoms with Gasteiger partial charge in [-0.15, -0.1) is 0 Å². The maximum absolute atomic E-state index is 4.58. The Balaban J connectivity index is 1.78. The second kappa shape index (κ2) is 5.67. The van der Waals surface area contributed by atoms with Crippen LogP contribution in [0, 0.1) is 0 Å². The van der Waals surface area contributed by atoms with Gasteiger partial charge in [0, 0.05) is 35.0 Å². The third kappa shape index (κ3) is 2.18. The average Bonchev–Trinajstić information content (AvgIpc) is 3.03. The molecule has 118 valence electrons. The van der Waals surface area contributed by atoms with Crippen molar-refractivity contribution in [2.24, 2.45) is 0 Å². The van der Waals surface area contributed by atoms with Crippen molar-refractivity contribution in [3.05, 3.63) is 108 Å². The molecular formula is C23H17N2+.